The third-order valence-electron chi connectivity index (χ3n) is 6.00. The summed E-state index contributed by atoms with van der Waals surface area (Å²) >= 11 is 1.49. The third-order valence-corrected chi connectivity index (χ3v) is 7.21. The largest absolute Gasteiger partial charge is 0.421 e. The molecule has 1 aromatic heterocycles. The van der Waals surface area contributed by atoms with Gasteiger partial charge in [0.25, 0.3) is 0 Å². The lowest BCUT2D eigenvalue weighted by Gasteiger charge is -2.28. The molecule has 3 heterocycles. The molecule has 2 aromatic carbocycles. The molecule has 2 fully saturated rings. The molecule has 0 aliphatic carbocycles. The number of carbonyl (C=O) groups is 2. The summed E-state index contributed by atoms with van der Waals surface area (Å²) in [6, 6.07) is 13.1. The fourth-order valence-corrected chi connectivity index (χ4v) is 5.40. The lowest BCUT2D eigenvalue weighted by atomic mass is 10.1. The van der Waals surface area contributed by atoms with Crippen molar-refractivity contribution in [2.45, 2.75) is 12.3 Å². The van der Waals surface area contributed by atoms with Crippen LogP contribution in [0.5, 0.6) is 5.75 Å². The molecule has 35 heavy (non-hydrogen) atoms. The van der Waals surface area contributed by atoms with Crippen molar-refractivity contribution in [2.24, 2.45) is 0 Å². The molecule has 1 atom stereocenters. The number of esters is 1. The number of nitrogens with zero attached hydrogens (tertiary/aromatic N) is 3. The maximum absolute atomic E-state index is 13.4. The van der Waals surface area contributed by atoms with Crippen LogP contribution in [0.15, 0.2) is 60.9 Å². The van der Waals surface area contributed by atoms with E-state index < -0.39 is 5.97 Å². The molecular weight excluding hydrogens is 469 g/mol. The first-order valence-corrected chi connectivity index (χ1v) is 12.3. The summed E-state index contributed by atoms with van der Waals surface area (Å²) in [7, 11) is 0. The molecule has 0 N–H and O–H groups in total. The fourth-order valence-electron chi connectivity index (χ4n) is 4.23. The van der Waals surface area contributed by atoms with Gasteiger partial charge in [0.15, 0.2) is 5.75 Å². The molecule has 1 amide bonds. The zero-order valence-corrected chi connectivity index (χ0v) is 20.0. The van der Waals surface area contributed by atoms with E-state index in [1.807, 2.05) is 6.92 Å². The quantitative estimate of drug-likeness (QED) is 0.489. The summed E-state index contributed by atoms with van der Waals surface area (Å²) < 4.78 is 24.4. The number of anilines is 2. The van der Waals surface area contributed by atoms with Crippen LogP contribution in [0.4, 0.5) is 15.8 Å². The number of amides is 1. The van der Waals surface area contributed by atoms with E-state index in [-0.39, 0.29) is 17.1 Å². The van der Waals surface area contributed by atoms with Crippen LogP contribution < -0.4 is 14.5 Å². The Hall–Kier alpha value is -3.43. The van der Waals surface area contributed by atoms with Crippen LogP contribution in [0, 0.1) is 12.7 Å². The van der Waals surface area contributed by atoms with Crippen molar-refractivity contribution < 1.29 is 23.5 Å². The van der Waals surface area contributed by atoms with Gasteiger partial charge in [-0.25, -0.2) is 9.18 Å². The van der Waals surface area contributed by atoms with E-state index in [2.05, 4.69) is 9.88 Å². The number of hydrogen-bond acceptors (Lipinski definition) is 7. The molecular formula is C26H24FN3O4S. The number of pyridine rings is 1. The Labute approximate surface area is 206 Å². The number of ether oxygens (including phenoxy) is 2. The fraction of sp³-hybridized carbons (Fsp3) is 0.269. The molecule has 0 bridgehead atoms. The van der Waals surface area contributed by atoms with Crippen molar-refractivity contribution in [3.63, 3.8) is 0 Å². The van der Waals surface area contributed by atoms with Crippen LogP contribution in [0.3, 0.4) is 0 Å². The standard InChI is InChI=1S/C26H24FN3O4S/c1-17-12-19(26(32)34-22-13-21(14-28-15-22)29-8-10-33-11-9-29)4-7-23(17)30-24(31)16-35-25(30)18-2-5-20(27)6-3-18/h2-7,12-15,25H,8-11,16H2,1H3. The van der Waals surface area contributed by atoms with E-state index in [0.717, 1.165) is 29.9 Å². The Morgan fingerprint density at radius 2 is 1.89 bits per heavy atom. The zero-order chi connectivity index (χ0) is 24.4. The number of hydrogen-bond donors (Lipinski definition) is 0. The smallest absolute Gasteiger partial charge is 0.343 e. The second-order valence-corrected chi connectivity index (χ2v) is 9.42. The minimum atomic E-state index is -0.502. The maximum atomic E-state index is 13.4. The highest BCUT2D eigenvalue weighted by molar-refractivity contribution is 8.00. The molecule has 7 nitrogen and oxygen atoms in total. The topological polar surface area (TPSA) is 72.0 Å². The van der Waals surface area contributed by atoms with Crippen LogP contribution >= 0.6 is 11.8 Å². The number of rotatable bonds is 5. The highest BCUT2D eigenvalue weighted by Gasteiger charge is 2.35. The SMILES string of the molecule is Cc1cc(C(=O)Oc2cncc(N3CCOCC3)c2)ccc1N1C(=O)CSC1c1ccc(F)cc1. The number of morpholine rings is 1. The van der Waals surface area contributed by atoms with Gasteiger partial charge in [0, 0.05) is 24.8 Å². The van der Waals surface area contributed by atoms with Gasteiger partial charge in [-0.05, 0) is 48.4 Å². The van der Waals surface area contributed by atoms with Crippen molar-refractivity contribution >= 4 is 35.0 Å². The van der Waals surface area contributed by atoms with Crippen molar-refractivity contribution in [2.75, 3.05) is 41.9 Å². The zero-order valence-electron chi connectivity index (χ0n) is 19.1. The lowest BCUT2D eigenvalue weighted by molar-refractivity contribution is -0.115. The van der Waals surface area contributed by atoms with E-state index in [1.54, 1.807) is 47.5 Å². The van der Waals surface area contributed by atoms with Gasteiger partial charge in [0.2, 0.25) is 5.91 Å². The molecule has 2 saturated heterocycles. The number of aryl methyl sites for hydroxylation is 1. The molecule has 2 aliphatic rings. The lowest BCUT2D eigenvalue weighted by Crippen LogP contribution is -2.36. The highest BCUT2D eigenvalue weighted by Crippen LogP contribution is 2.43. The summed E-state index contributed by atoms with van der Waals surface area (Å²) in [5, 5.41) is -0.256. The van der Waals surface area contributed by atoms with E-state index >= 15 is 0 Å². The van der Waals surface area contributed by atoms with Crippen LogP contribution in [0.1, 0.15) is 26.9 Å². The maximum Gasteiger partial charge on any atom is 0.343 e. The van der Waals surface area contributed by atoms with Gasteiger partial charge in [-0.3, -0.25) is 14.7 Å². The monoisotopic (exact) mass is 493 g/mol. The normalized spacial score (nSPS) is 18.1. The van der Waals surface area contributed by atoms with Crippen molar-refractivity contribution in [1.82, 2.24) is 4.98 Å². The van der Waals surface area contributed by atoms with Crippen LogP contribution in [0.2, 0.25) is 0 Å². The van der Waals surface area contributed by atoms with E-state index in [4.69, 9.17) is 9.47 Å². The summed E-state index contributed by atoms with van der Waals surface area (Å²) in [4.78, 5) is 33.6. The Morgan fingerprint density at radius 1 is 1.11 bits per heavy atom. The molecule has 180 valence electrons. The van der Waals surface area contributed by atoms with Crippen LogP contribution in [-0.2, 0) is 9.53 Å². The van der Waals surface area contributed by atoms with E-state index in [9.17, 15) is 14.0 Å². The van der Waals surface area contributed by atoms with Gasteiger partial charge in [-0.1, -0.05) is 12.1 Å². The molecule has 5 rings (SSSR count). The third kappa shape index (κ3) is 5.01. The van der Waals surface area contributed by atoms with Gasteiger partial charge in [0.05, 0.1) is 42.6 Å². The number of halogens is 1. The first-order valence-electron chi connectivity index (χ1n) is 11.3. The Kier molecular flexibility index (Phi) is 6.70. The Morgan fingerprint density at radius 3 is 2.63 bits per heavy atom. The average Bonchev–Trinajstić information content (AvgIpc) is 3.26. The molecule has 3 aromatic rings. The second kappa shape index (κ2) is 10.1. The predicted molar refractivity (Wildman–Crippen MR) is 132 cm³/mol. The second-order valence-electron chi connectivity index (χ2n) is 8.35. The van der Waals surface area contributed by atoms with Crippen LogP contribution in [-0.4, -0.2) is 48.9 Å². The molecule has 0 saturated carbocycles. The molecule has 1 unspecified atom stereocenters. The molecule has 2 aliphatic heterocycles. The molecule has 9 heteroatoms. The first-order chi connectivity index (χ1) is 17.0. The minimum Gasteiger partial charge on any atom is -0.421 e. The van der Waals surface area contributed by atoms with Gasteiger partial charge in [-0.15, -0.1) is 11.8 Å². The minimum absolute atomic E-state index is 0.0336. The first kappa shape index (κ1) is 23.3. The predicted octanol–water partition coefficient (Wildman–Crippen LogP) is 4.36. The van der Waals surface area contributed by atoms with E-state index in [1.165, 1.54) is 30.1 Å². The summed E-state index contributed by atoms with van der Waals surface area (Å²) in [5.74, 6) is -0.160. The van der Waals surface area contributed by atoms with Crippen LogP contribution in [0.25, 0.3) is 0 Å². The number of benzene rings is 2. The number of carbonyl (C=O) groups excluding carboxylic acids is 2. The summed E-state index contributed by atoms with van der Waals surface area (Å²) in [6.45, 7) is 4.66. The summed E-state index contributed by atoms with van der Waals surface area (Å²) in [6.07, 6.45) is 3.25. The van der Waals surface area contributed by atoms with Gasteiger partial charge >= 0.3 is 5.97 Å². The number of aromatic nitrogens is 1. The average molecular weight is 494 g/mol. The van der Waals surface area contributed by atoms with Gasteiger partial charge < -0.3 is 14.4 Å². The molecule has 0 radical (unpaired) electrons. The van der Waals surface area contributed by atoms with Crippen molar-refractivity contribution in [3.8, 4) is 5.75 Å². The Balaban J connectivity index is 1.33. The van der Waals surface area contributed by atoms with Gasteiger partial charge in [0.1, 0.15) is 11.2 Å². The Bertz CT molecular complexity index is 1250. The highest BCUT2D eigenvalue weighted by atomic mass is 32.2. The van der Waals surface area contributed by atoms with Crippen molar-refractivity contribution in [1.29, 1.82) is 0 Å². The number of thioether (sulfide) groups is 1. The van der Waals surface area contributed by atoms with Crippen molar-refractivity contribution in [3.05, 3.63) is 83.4 Å². The van der Waals surface area contributed by atoms with E-state index in [0.29, 0.717) is 36.0 Å². The summed E-state index contributed by atoms with van der Waals surface area (Å²) in [5.41, 5.74) is 3.57. The van der Waals surface area contributed by atoms with Gasteiger partial charge in [-0.2, -0.15) is 0 Å². The molecule has 0 spiro atoms.